The Labute approximate surface area is 124 Å². The van der Waals surface area contributed by atoms with Crippen molar-refractivity contribution < 1.29 is 9.53 Å². The summed E-state index contributed by atoms with van der Waals surface area (Å²) in [6.07, 6.45) is 2.62. The van der Waals surface area contributed by atoms with Crippen molar-refractivity contribution in [3.05, 3.63) is 42.6 Å². The molecule has 1 aromatic heterocycles. The molecule has 2 N–H and O–H groups in total. The maximum atomic E-state index is 11.8. The second kappa shape index (κ2) is 8.06. The molecule has 21 heavy (non-hydrogen) atoms. The normalized spacial score (nSPS) is 10.3. The standard InChI is InChI=1S/C15H20N4O2/c1-2-11-21-12-10-16-15(20)18-14-8-9-17-19(14)13-6-4-3-5-7-13/h3-9H,2,10-12H2,1H3,(H2,16,18,20). The lowest BCUT2D eigenvalue weighted by Gasteiger charge is -2.10. The monoisotopic (exact) mass is 288 g/mol. The first-order valence-electron chi connectivity index (χ1n) is 7.03. The summed E-state index contributed by atoms with van der Waals surface area (Å²) < 4.78 is 6.98. The van der Waals surface area contributed by atoms with Crippen LogP contribution in [-0.2, 0) is 4.74 Å². The van der Waals surface area contributed by atoms with Crippen molar-refractivity contribution in [2.24, 2.45) is 0 Å². The number of urea groups is 1. The van der Waals surface area contributed by atoms with Crippen molar-refractivity contribution in [3.8, 4) is 5.69 Å². The third kappa shape index (κ3) is 4.61. The fourth-order valence-corrected chi connectivity index (χ4v) is 1.82. The molecule has 0 spiro atoms. The van der Waals surface area contributed by atoms with Gasteiger partial charge in [0.15, 0.2) is 0 Å². The van der Waals surface area contributed by atoms with E-state index in [4.69, 9.17) is 4.74 Å². The van der Waals surface area contributed by atoms with Gasteiger partial charge in [0, 0.05) is 19.2 Å². The van der Waals surface area contributed by atoms with Crippen molar-refractivity contribution in [2.75, 3.05) is 25.1 Å². The van der Waals surface area contributed by atoms with Crippen LogP contribution >= 0.6 is 0 Å². The Balaban J connectivity index is 1.86. The summed E-state index contributed by atoms with van der Waals surface area (Å²) in [6, 6.07) is 11.1. The maximum Gasteiger partial charge on any atom is 0.320 e. The summed E-state index contributed by atoms with van der Waals surface area (Å²) >= 11 is 0. The highest BCUT2D eigenvalue weighted by atomic mass is 16.5. The number of hydrogen-bond donors (Lipinski definition) is 2. The highest BCUT2D eigenvalue weighted by Gasteiger charge is 2.07. The molecule has 2 amide bonds. The molecule has 0 saturated heterocycles. The number of carbonyl (C=O) groups is 1. The molecule has 0 aliphatic heterocycles. The fourth-order valence-electron chi connectivity index (χ4n) is 1.82. The van der Waals surface area contributed by atoms with E-state index in [1.165, 1.54) is 0 Å². The lowest BCUT2D eigenvalue weighted by molar-refractivity contribution is 0.137. The van der Waals surface area contributed by atoms with E-state index in [0.717, 1.165) is 12.1 Å². The molecule has 0 aliphatic rings. The Kier molecular flexibility index (Phi) is 5.78. The zero-order valence-electron chi connectivity index (χ0n) is 12.1. The van der Waals surface area contributed by atoms with Gasteiger partial charge in [-0.3, -0.25) is 5.32 Å². The molecule has 0 saturated carbocycles. The van der Waals surface area contributed by atoms with E-state index in [0.29, 0.717) is 25.6 Å². The van der Waals surface area contributed by atoms with Crippen molar-refractivity contribution in [2.45, 2.75) is 13.3 Å². The smallest absolute Gasteiger partial charge is 0.320 e. The highest BCUT2D eigenvalue weighted by Crippen LogP contribution is 2.13. The number of anilines is 1. The number of rotatable bonds is 7. The summed E-state index contributed by atoms with van der Waals surface area (Å²) in [7, 11) is 0. The highest BCUT2D eigenvalue weighted by molar-refractivity contribution is 5.88. The molecule has 1 heterocycles. The van der Waals surface area contributed by atoms with Gasteiger partial charge in [-0.15, -0.1) is 0 Å². The second-order valence-corrected chi connectivity index (χ2v) is 4.46. The first-order chi connectivity index (χ1) is 10.3. The summed E-state index contributed by atoms with van der Waals surface area (Å²) in [5.41, 5.74) is 0.893. The number of aromatic nitrogens is 2. The van der Waals surface area contributed by atoms with Gasteiger partial charge in [-0.25, -0.2) is 9.48 Å². The molecule has 6 heteroatoms. The molecule has 0 radical (unpaired) electrons. The number of hydrogen-bond acceptors (Lipinski definition) is 3. The van der Waals surface area contributed by atoms with Crippen LogP contribution in [0.1, 0.15) is 13.3 Å². The topological polar surface area (TPSA) is 68.2 Å². The van der Waals surface area contributed by atoms with E-state index < -0.39 is 0 Å². The molecule has 0 fully saturated rings. The molecule has 0 aliphatic carbocycles. The lowest BCUT2D eigenvalue weighted by atomic mass is 10.3. The zero-order chi connectivity index (χ0) is 14.9. The predicted octanol–water partition coefficient (Wildman–Crippen LogP) is 2.42. The number of amides is 2. The molecule has 112 valence electrons. The Morgan fingerprint density at radius 3 is 2.81 bits per heavy atom. The predicted molar refractivity (Wildman–Crippen MR) is 81.7 cm³/mol. The van der Waals surface area contributed by atoms with Crippen LogP contribution in [0.4, 0.5) is 10.6 Å². The number of carbonyl (C=O) groups excluding carboxylic acids is 1. The van der Waals surface area contributed by atoms with Crippen molar-refractivity contribution in [1.82, 2.24) is 15.1 Å². The molecule has 6 nitrogen and oxygen atoms in total. The second-order valence-electron chi connectivity index (χ2n) is 4.46. The van der Waals surface area contributed by atoms with Crippen LogP contribution in [0.3, 0.4) is 0 Å². The van der Waals surface area contributed by atoms with E-state index in [-0.39, 0.29) is 6.03 Å². The molecular weight excluding hydrogens is 268 g/mol. The largest absolute Gasteiger partial charge is 0.380 e. The zero-order valence-corrected chi connectivity index (χ0v) is 12.1. The Hall–Kier alpha value is -2.34. The lowest BCUT2D eigenvalue weighted by Crippen LogP contribution is -2.32. The molecule has 2 rings (SSSR count). The van der Waals surface area contributed by atoms with Crippen LogP contribution in [0.5, 0.6) is 0 Å². The maximum absolute atomic E-state index is 11.8. The third-order valence-electron chi connectivity index (χ3n) is 2.77. The SMILES string of the molecule is CCCOCCNC(=O)Nc1ccnn1-c1ccccc1. The minimum Gasteiger partial charge on any atom is -0.380 e. The van der Waals surface area contributed by atoms with Crippen LogP contribution in [-0.4, -0.2) is 35.6 Å². The van der Waals surface area contributed by atoms with Crippen LogP contribution in [0.15, 0.2) is 42.6 Å². The van der Waals surface area contributed by atoms with E-state index in [2.05, 4.69) is 15.7 Å². The minimum absolute atomic E-state index is 0.271. The van der Waals surface area contributed by atoms with Gasteiger partial charge in [0.25, 0.3) is 0 Å². The minimum atomic E-state index is -0.271. The van der Waals surface area contributed by atoms with Gasteiger partial charge < -0.3 is 10.1 Å². The first kappa shape index (κ1) is 15.1. The van der Waals surface area contributed by atoms with E-state index in [1.54, 1.807) is 16.9 Å². The van der Waals surface area contributed by atoms with E-state index in [9.17, 15) is 4.79 Å². The number of para-hydroxylation sites is 1. The Bertz CT molecular complexity index is 554. The van der Waals surface area contributed by atoms with Crippen LogP contribution in [0.2, 0.25) is 0 Å². The molecule has 0 bridgehead atoms. The molecule has 0 atom stereocenters. The summed E-state index contributed by atoms with van der Waals surface area (Å²) in [4.78, 5) is 11.8. The van der Waals surface area contributed by atoms with E-state index >= 15 is 0 Å². The van der Waals surface area contributed by atoms with Crippen molar-refractivity contribution >= 4 is 11.8 Å². The molecule has 2 aromatic rings. The van der Waals surface area contributed by atoms with Gasteiger partial charge in [0.2, 0.25) is 0 Å². The van der Waals surface area contributed by atoms with Gasteiger partial charge >= 0.3 is 6.03 Å². The summed E-state index contributed by atoms with van der Waals surface area (Å²) in [6.45, 7) is 3.75. The Morgan fingerprint density at radius 1 is 1.24 bits per heavy atom. The average molecular weight is 288 g/mol. The van der Waals surface area contributed by atoms with Gasteiger partial charge in [0.1, 0.15) is 5.82 Å². The fraction of sp³-hybridized carbons (Fsp3) is 0.333. The first-order valence-corrected chi connectivity index (χ1v) is 7.03. The van der Waals surface area contributed by atoms with Crippen LogP contribution in [0.25, 0.3) is 5.69 Å². The number of nitrogens with one attached hydrogen (secondary N) is 2. The van der Waals surface area contributed by atoms with Crippen molar-refractivity contribution in [3.63, 3.8) is 0 Å². The average Bonchev–Trinajstić information content (AvgIpc) is 2.96. The van der Waals surface area contributed by atoms with Gasteiger partial charge in [0.05, 0.1) is 18.5 Å². The molecule has 0 unspecified atom stereocenters. The van der Waals surface area contributed by atoms with Crippen LogP contribution < -0.4 is 10.6 Å². The molecule has 1 aromatic carbocycles. The van der Waals surface area contributed by atoms with E-state index in [1.807, 2.05) is 37.3 Å². The quantitative estimate of drug-likeness (QED) is 0.769. The summed E-state index contributed by atoms with van der Waals surface area (Å²) in [5, 5.41) is 9.73. The molecular formula is C15H20N4O2. The van der Waals surface area contributed by atoms with Gasteiger partial charge in [-0.1, -0.05) is 25.1 Å². The third-order valence-corrected chi connectivity index (χ3v) is 2.77. The number of ether oxygens (including phenoxy) is 1. The Morgan fingerprint density at radius 2 is 2.05 bits per heavy atom. The number of benzene rings is 1. The summed E-state index contributed by atoms with van der Waals surface area (Å²) in [5.74, 6) is 0.619. The number of nitrogens with zero attached hydrogens (tertiary/aromatic N) is 2. The van der Waals surface area contributed by atoms with Crippen LogP contribution in [0, 0.1) is 0 Å². The van der Waals surface area contributed by atoms with Crippen molar-refractivity contribution in [1.29, 1.82) is 0 Å². The van der Waals surface area contributed by atoms with Gasteiger partial charge in [-0.05, 0) is 18.6 Å². The van der Waals surface area contributed by atoms with Gasteiger partial charge in [-0.2, -0.15) is 5.10 Å².